The van der Waals surface area contributed by atoms with E-state index in [0.29, 0.717) is 32.2 Å². The van der Waals surface area contributed by atoms with Crippen LogP contribution < -0.4 is 15.4 Å². The van der Waals surface area contributed by atoms with Crippen molar-refractivity contribution < 1.29 is 9.47 Å². The molecule has 2 N–H and O–H groups in total. The van der Waals surface area contributed by atoms with Crippen LogP contribution in [0.25, 0.3) is 0 Å². The molecule has 3 aromatic rings. The fraction of sp³-hybridized carbons (Fsp3) is 0.320. The van der Waals surface area contributed by atoms with Crippen molar-refractivity contribution >= 4 is 17.6 Å². The van der Waals surface area contributed by atoms with E-state index in [0.717, 1.165) is 47.8 Å². The first-order valence-corrected chi connectivity index (χ1v) is 10.9. The van der Waals surface area contributed by atoms with Crippen LogP contribution in [0.2, 0.25) is 0 Å². The maximum atomic E-state index is 6.08. The second-order valence-corrected chi connectivity index (χ2v) is 7.78. The number of anilines is 2. The molecule has 32 heavy (non-hydrogen) atoms. The van der Waals surface area contributed by atoms with E-state index in [1.807, 2.05) is 42.5 Å². The summed E-state index contributed by atoms with van der Waals surface area (Å²) in [4.78, 5) is 15.9. The van der Waals surface area contributed by atoms with Crippen molar-refractivity contribution in [2.75, 3.05) is 43.5 Å². The predicted octanol–water partition coefficient (Wildman–Crippen LogP) is 3.44. The third-order valence-electron chi connectivity index (χ3n) is 5.30. The van der Waals surface area contributed by atoms with Crippen molar-refractivity contribution in [3.63, 3.8) is 0 Å². The van der Waals surface area contributed by atoms with E-state index in [9.17, 15) is 0 Å². The number of hydrogen-bond acceptors (Lipinski definition) is 7. The number of pyridine rings is 2. The Kier molecular flexibility index (Phi) is 7.30. The molecule has 3 heterocycles. The lowest BCUT2D eigenvalue weighted by atomic mass is 10.1. The molecule has 4 rings (SSSR count). The summed E-state index contributed by atoms with van der Waals surface area (Å²) in [7, 11) is 0. The molecule has 0 bridgehead atoms. The molecule has 0 amide bonds. The van der Waals surface area contributed by atoms with E-state index in [4.69, 9.17) is 15.2 Å². The van der Waals surface area contributed by atoms with Crippen molar-refractivity contribution in [2.24, 2.45) is 4.99 Å². The molecule has 0 saturated carbocycles. The number of rotatable bonds is 8. The lowest BCUT2D eigenvalue weighted by Crippen LogP contribution is -2.36. The number of nitrogen functional groups attached to an aromatic ring is 1. The Bertz CT molecular complexity index is 1050. The first-order chi connectivity index (χ1) is 15.7. The average Bonchev–Trinajstić information content (AvgIpc) is 2.82. The summed E-state index contributed by atoms with van der Waals surface area (Å²) >= 11 is 0. The van der Waals surface area contributed by atoms with E-state index in [2.05, 4.69) is 32.9 Å². The number of aliphatic imine (C=N–C) groups is 1. The van der Waals surface area contributed by atoms with Gasteiger partial charge in [0.25, 0.3) is 0 Å². The average molecular weight is 432 g/mol. The molecule has 7 nitrogen and oxygen atoms in total. The molecule has 1 aliphatic rings. The van der Waals surface area contributed by atoms with Crippen LogP contribution >= 0.6 is 0 Å². The summed E-state index contributed by atoms with van der Waals surface area (Å²) in [5, 5.41) is 0. The maximum absolute atomic E-state index is 6.08. The Hall–Kier alpha value is -3.45. The minimum atomic E-state index is 0.507. The number of nitrogens with zero attached hydrogens (tertiary/aromatic N) is 4. The highest BCUT2D eigenvalue weighted by Crippen LogP contribution is 2.22. The van der Waals surface area contributed by atoms with Crippen LogP contribution in [0.4, 0.5) is 11.4 Å². The quantitative estimate of drug-likeness (QED) is 0.434. The van der Waals surface area contributed by atoms with Gasteiger partial charge in [-0.25, -0.2) is 4.98 Å². The standard InChI is InChI=1S/C25H29N5O2/c1-19-5-6-24(26)20(14-19)17-27-18-22-15-23(30-9-12-31-13-10-30)16-25(29-22)32-11-7-21-4-2-3-8-28-21/h2-6,8,14-16,18H,7,9-13,17,26H2,1H3. The zero-order chi connectivity index (χ0) is 22.2. The summed E-state index contributed by atoms with van der Waals surface area (Å²) in [6, 6.07) is 15.9. The number of morpholine rings is 1. The molecule has 1 fully saturated rings. The van der Waals surface area contributed by atoms with Crippen LogP contribution in [0.5, 0.6) is 5.88 Å². The summed E-state index contributed by atoms with van der Waals surface area (Å²) in [6.45, 7) is 6.18. The normalized spacial score (nSPS) is 14.1. The van der Waals surface area contributed by atoms with Gasteiger partial charge in [0.15, 0.2) is 0 Å². The zero-order valence-corrected chi connectivity index (χ0v) is 18.4. The molecule has 0 aliphatic carbocycles. The second-order valence-electron chi connectivity index (χ2n) is 7.78. The molecular formula is C25H29N5O2. The van der Waals surface area contributed by atoms with Gasteiger partial charge in [-0.15, -0.1) is 0 Å². The van der Waals surface area contributed by atoms with Gasteiger partial charge in [-0.05, 0) is 36.8 Å². The van der Waals surface area contributed by atoms with Crippen LogP contribution in [0.1, 0.15) is 22.5 Å². The Morgan fingerprint density at radius 2 is 2.03 bits per heavy atom. The van der Waals surface area contributed by atoms with Crippen LogP contribution in [0, 0.1) is 6.92 Å². The van der Waals surface area contributed by atoms with Crippen LogP contribution in [0.3, 0.4) is 0 Å². The highest BCUT2D eigenvalue weighted by Gasteiger charge is 2.14. The highest BCUT2D eigenvalue weighted by atomic mass is 16.5. The SMILES string of the molecule is Cc1ccc(N)c(CN=Cc2cc(N3CCOCC3)cc(OCCc3ccccn3)n2)c1. The third-order valence-corrected chi connectivity index (χ3v) is 5.30. The molecule has 1 aliphatic heterocycles. The number of benzene rings is 1. The Balaban J connectivity index is 1.49. The number of aromatic nitrogens is 2. The van der Waals surface area contributed by atoms with E-state index in [-0.39, 0.29) is 0 Å². The summed E-state index contributed by atoms with van der Waals surface area (Å²) in [5.41, 5.74) is 11.8. The number of aryl methyl sites for hydroxylation is 1. The molecule has 166 valence electrons. The Morgan fingerprint density at radius 1 is 1.16 bits per heavy atom. The monoisotopic (exact) mass is 431 g/mol. The van der Waals surface area contributed by atoms with Gasteiger partial charge >= 0.3 is 0 Å². The Morgan fingerprint density at radius 3 is 2.84 bits per heavy atom. The maximum Gasteiger partial charge on any atom is 0.215 e. The van der Waals surface area contributed by atoms with Crippen LogP contribution in [-0.4, -0.2) is 49.1 Å². The summed E-state index contributed by atoms with van der Waals surface area (Å²) in [5.74, 6) is 0.585. The van der Waals surface area contributed by atoms with E-state index >= 15 is 0 Å². The van der Waals surface area contributed by atoms with Crippen molar-refractivity contribution in [3.8, 4) is 5.88 Å². The molecule has 0 radical (unpaired) electrons. The van der Waals surface area contributed by atoms with Crippen molar-refractivity contribution in [3.05, 3.63) is 77.2 Å². The number of ether oxygens (including phenoxy) is 2. The molecule has 1 saturated heterocycles. The Labute approximate surface area is 188 Å². The van der Waals surface area contributed by atoms with Gasteiger partial charge in [-0.1, -0.05) is 23.8 Å². The van der Waals surface area contributed by atoms with Crippen molar-refractivity contribution in [1.82, 2.24) is 9.97 Å². The minimum absolute atomic E-state index is 0.507. The smallest absolute Gasteiger partial charge is 0.215 e. The van der Waals surface area contributed by atoms with Crippen molar-refractivity contribution in [2.45, 2.75) is 19.9 Å². The predicted molar refractivity (Wildman–Crippen MR) is 128 cm³/mol. The zero-order valence-electron chi connectivity index (χ0n) is 18.4. The number of nitrogens with two attached hydrogens (primary N) is 1. The topological polar surface area (TPSA) is 85.9 Å². The molecule has 0 spiro atoms. The highest BCUT2D eigenvalue weighted by molar-refractivity contribution is 5.79. The largest absolute Gasteiger partial charge is 0.477 e. The van der Waals surface area contributed by atoms with Crippen molar-refractivity contribution in [1.29, 1.82) is 0 Å². The summed E-state index contributed by atoms with van der Waals surface area (Å²) in [6.07, 6.45) is 4.31. The lowest BCUT2D eigenvalue weighted by Gasteiger charge is -2.29. The molecule has 1 aromatic carbocycles. The number of hydrogen-bond donors (Lipinski definition) is 1. The van der Waals surface area contributed by atoms with Gasteiger partial charge in [0.05, 0.1) is 32.1 Å². The molecule has 0 atom stereocenters. The van der Waals surface area contributed by atoms with E-state index < -0.39 is 0 Å². The van der Waals surface area contributed by atoms with Gasteiger partial charge in [0.2, 0.25) is 5.88 Å². The first-order valence-electron chi connectivity index (χ1n) is 10.9. The van der Waals surface area contributed by atoms with Crippen LogP contribution in [-0.2, 0) is 17.7 Å². The van der Waals surface area contributed by atoms with Gasteiger partial charge < -0.3 is 20.1 Å². The van der Waals surface area contributed by atoms with Crippen LogP contribution in [0.15, 0.2) is 59.7 Å². The van der Waals surface area contributed by atoms with Gasteiger partial charge in [0.1, 0.15) is 0 Å². The van der Waals surface area contributed by atoms with Gasteiger partial charge in [0, 0.05) is 55.1 Å². The van der Waals surface area contributed by atoms with E-state index in [1.54, 1.807) is 12.4 Å². The van der Waals surface area contributed by atoms with E-state index in [1.165, 1.54) is 5.56 Å². The van der Waals surface area contributed by atoms with Gasteiger partial charge in [-0.2, -0.15) is 0 Å². The first kappa shape index (κ1) is 21.8. The lowest BCUT2D eigenvalue weighted by molar-refractivity contribution is 0.122. The molecule has 0 unspecified atom stereocenters. The molecular weight excluding hydrogens is 402 g/mol. The summed E-state index contributed by atoms with van der Waals surface area (Å²) < 4.78 is 11.5. The molecule has 7 heteroatoms. The fourth-order valence-corrected chi connectivity index (χ4v) is 3.57. The molecule has 2 aromatic heterocycles. The fourth-order valence-electron chi connectivity index (χ4n) is 3.57. The third kappa shape index (κ3) is 6.04. The second kappa shape index (κ2) is 10.7. The minimum Gasteiger partial charge on any atom is -0.477 e. The van der Waals surface area contributed by atoms with Gasteiger partial charge in [-0.3, -0.25) is 9.98 Å².